The molecule has 0 aliphatic heterocycles. The normalized spacial score (nSPS) is 10.1. The van der Waals surface area contributed by atoms with Gasteiger partial charge >= 0.3 is 0 Å². The lowest BCUT2D eigenvalue weighted by Crippen LogP contribution is -1.96. The summed E-state index contributed by atoms with van der Waals surface area (Å²) in [6.45, 7) is 5.27. The van der Waals surface area contributed by atoms with Gasteiger partial charge in [0.25, 0.3) is 0 Å². The van der Waals surface area contributed by atoms with Gasteiger partial charge in [0.2, 0.25) is 5.88 Å². The molecule has 0 saturated heterocycles. The third-order valence-electron chi connectivity index (χ3n) is 1.67. The summed E-state index contributed by atoms with van der Waals surface area (Å²) in [7, 11) is 1.62. The Labute approximate surface area is 78.7 Å². The first kappa shape index (κ1) is 9.99. The monoisotopic (exact) mass is 181 g/mol. The highest BCUT2D eigenvalue weighted by atomic mass is 16.5. The Bertz CT molecular complexity index is 274. The Kier molecular flexibility index (Phi) is 3.71. The van der Waals surface area contributed by atoms with Gasteiger partial charge in [-0.15, -0.1) is 0 Å². The molecule has 0 radical (unpaired) electrons. The summed E-state index contributed by atoms with van der Waals surface area (Å²) in [6.07, 6.45) is 0. The molecule has 0 fully saturated rings. The molecular weight excluding hydrogens is 166 g/mol. The van der Waals surface area contributed by atoms with E-state index in [4.69, 9.17) is 9.47 Å². The average molecular weight is 181 g/mol. The lowest BCUT2D eigenvalue weighted by atomic mass is 10.2. The van der Waals surface area contributed by atoms with Crippen LogP contribution in [0.2, 0.25) is 0 Å². The second kappa shape index (κ2) is 4.82. The zero-order chi connectivity index (χ0) is 9.68. The first-order valence-electron chi connectivity index (χ1n) is 4.35. The van der Waals surface area contributed by atoms with E-state index in [1.54, 1.807) is 7.11 Å². The molecule has 0 atom stereocenters. The number of hydrogen-bond acceptors (Lipinski definition) is 3. The molecule has 0 aliphatic carbocycles. The van der Waals surface area contributed by atoms with E-state index in [1.165, 1.54) is 0 Å². The SMILES string of the molecule is CCOCc1cc(C)nc(OC)c1. The van der Waals surface area contributed by atoms with E-state index in [0.29, 0.717) is 12.5 Å². The van der Waals surface area contributed by atoms with Crippen LogP contribution in [0, 0.1) is 6.92 Å². The van der Waals surface area contributed by atoms with Crippen LogP contribution in [0.25, 0.3) is 0 Å². The maximum Gasteiger partial charge on any atom is 0.213 e. The van der Waals surface area contributed by atoms with Crippen molar-refractivity contribution >= 4 is 0 Å². The molecule has 0 aromatic carbocycles. The molecule has 13 heavy (non-hydrogen) atoms. The van der Waals surface area contributed by atoms with Gasteiger partial charge in [-0.05, 0) is 25.5 Å². The molecular formula is C10H15NO2. The van der Waals surface area contributed by atoms with Crippen molar-refractivity contribution in [2.24, 2.45) is 0 Å². The quantitative estimate of drug-likeness (QED) is 0.711. The van der Waals surface area contributed by atoms with Gasteiger partial charge in [-0.3, -0.25) is 0 Å². The van der Waals surface area contributed by atoms with Crippen LogP contribution >= 0.6 is 0 Å². The van der Waals surface area contributed by atoms with Gasteiger partial charge in [0.15, 0.2) is 0 Å². The minimum Gasteiger partial charge on any atom is -0.481 e. The summed E-state index contributed by atoms with van der Waals surface area (Å²) in [5.41, 5.74) is 2.06. The summed E-state index contributed by atoms with van der Waals surface area (Å²) in [6, 6.07) is 3.89. The Balaban J connectivity index is 2.76. The van der Waals surface area contributed by atoms with Crippen molar-refractivity contribution in [1.29, 1.82) is 0 Å². The van der Waals surface area contributed by atoms with Crippen molar-refractivity contribution in [2.45, 2.75) is 20.5 Å². The molecule has 0 amide bonds. The van der Waals surface area contributed by atoms with Crippen LogP contribution in [0.4, 0.5) is 0 Å². The van der Waals surface area contributed by atoms with E-state index >= 15 is 0 Å². The van der Waals surface area contributed by atoms with Gasteiger partial charge in [-0.25, -0.2) is 4.98 Å². The minimum absolute atomic E-state index is 0.621. The fourth-order valence-corrected chi connectivity index (χ4v) is 1.11. The Morgan fingerprint density at radius 3 is 2.77 bits per heavy atom. The zero-order valence-corrected chi connectivity index (χ0v) is 8.33. The van der Waals surface area contributed by atoms with Gasteiger partial charge in [-0.2, -0.15) is 0 Å². The average Bonchev–Trinajstić information content (AvgIpc) is 2.14. The second-order valence-corrected chi connectivity index (χ2v) is 2.80. The third-order valence-corrected chi connectivity index (χ3v) is 1.67. The van der Waals surface area contributed by atoms with E-state index in [9.17, 15) is 0 Å². The molecule has 3 nitrogen and oxygen atoms in total. The molecule has 0 saturated carbocycles. The molecule has 0 N–H and O–H groups in total. The zero-order valence-electron chi connectivity index (χ0n) is 8.33. The lowest BCUT2D eigenvalue weighted by molar-refractivity contribution is 0.133. The van der Waals surface area contributed by atoms with Crippen molar-refractivity contribution in [1.82, 2.24) is 4.98 Å². The van der Waals surface area contributed by atoms with Crippen LogP contribution < -0.4 is 4.74 Å². The predicted octanol–water partition coefficient (Wildman–Crippen LogP) is 1.94. The number of pyridine rings is 1. The molecule has 0 spiro atoms. The van der Waals surface area contributed by atoms with Crippen molar-refractivity contribution < 1.29 is 9.47 Å². The van der Waals surface area contributed by atoms with Crippen molar-refractivity contribution in [2.75, 3.05) is 13.7 Å². The van der Waals surface area contributed by atoms with Crippen molar-refractivity contribution in [3.05, 3.63) is 23.4 Å². The third kappa shape index (κ3) is 3.03. The summed E-state index contributed by atoms with van der Waals surface area (Å²) in [5.74, 6) is 0.648. The molecule has 1 aromatic rings. The van der Waals surface area contributed by atoms with Crippen LogP contribution in [-0.4, -0.2) is 18.7 Å². The van der Waals surface area contributed by atoms with Crippen molar-refractivity contribution in [3.63, 3.8) is 0 Å². The number of aromatic nitrogens is 1. The highest BCUT2D eigenvalue weighted by molar-refractivity contribution is 5.23. The highest BCUT2D eigenvalue weighted by Crippen LogP contribution is 2.12. The molecule has 0 aliphatic rings. The fourth-order valence-electron chi connectivity index (χ4n) is 1.11. The van der Waals surface area contributed by atoms with Gasteiger partial charge in [-0.1, -0.05) is 0 Å². The van der Waals surface area contributed by atoms with E-state index < -0.39 is 0 Å². The standard InChI is InChI=1S/C10H15NO2/c1-4-13-7-9-5-8(2)11-10(6-9)12-3/h5-6H,4,7H2,1-3H3. The second-order valence-electron chi connectivity index (χ2n) is 2.80. The van der Waals surface area contributed by atoms with Crippen molar-refractivity contribution in [3.8, 4) is 5.88 Å². The minimum atomic E-state index is 0.621. The van der Waals surface area contributed by atoms with Crippen LogP contribution in [0.1, 0.15) is 18.2 Å². The molecule has 72 valence electrons. The first-order chi connectivity index (χ1) is 6.26. The summed E-state index contributed by atoms with van der Waals surface area (Å²) in [5, 5.41) is 0. The Morgan fingerprint density at radius 1 is 1.38 bits per heavy atom. The van der Waals surface area contributed by atoms with E-state index in [0.717, 1.165) is 17.9 Å². The summed E-state index contributed by atoms with van der Waals surface area (Å²) >= 11 is 0. The Hall–Kier alpha value is -1.09. The first-order valence-corrected chi connectivity index (χ1v) is 4.35. The largest absolute Gasteiger partial charge is 0.481 e. The van der Waals surface area contributed by atoms with Crippen LogP contribution in [-0.2, 0) is 11.3 Å². The van der Waals surface area contributed by atoms with Gasteiger partial charge in [0.1, 0.15) is 0 Å². The molecule has 0 unspecified atom stereocenters. The number of aryl methyl sites for hydroxylation is 1. The fraction of sp³-hybridized carbons (Fsp3) is 0.500. The topological polar surface area (TPSA) is 31.4 Å². The smallest absolute Gasteiger partial charge is 0.213 e. The van der Waals surface area contributed by atoms with E-state index in [1.807, 2.05) is 26.0 Å². The lowest BCUT2D eigenvalue weighted by Gasteiger charge is -2.05. The van der Waals surface area contributed by atoms with Gasteiger partial charge in [0, 0.05) is 18.4 Å². The number of hydrogen-bond donors (Lipinski definition) is 0. The molecule has 1 heterocycles. The maximum absolute atomic E-state index is 5.29. The van der Waals surface area contributed by atoms with E-state index in [-0.39, 0.29) is 0 Å². The molecule has 1 aromatic heterocycles. The summed E-state index contributed by atoms with van der Waals surface area (Å²) < 4.78 is 10.3. The number of nitrogens with zero attached hydrogens (tertiary/aromatic N) is 1. The van der Waals surface area contributed by atoms with Crippen LogP contribution in [0.15, 0.2) is 12.1 Å². The highest BCUT2D eigenvalue weighted by Gasteiger charge is 1.99. The summed E-state index contributed by atoms with van der Waals surface area (Å²) in [4.78, 5) is 4.18. The molecule has 3 heteroatoms. The van der Waals surface area contributed by atoms with Crippen LogP contribution in [0.3, 0.4) is 0 Å². The maximum atomic E-state index is 5.29. The van der Waals surface area contributed by atoms with Gasteiger partial charge in [0.05, 0.1) is 13.7 Å². The molecule has 1 rings (SSSR count). The number of methoxy groups -OCH3 is 1. The predicted molar refractivity (Wildman–Crippen MR) is 50.9 cm³/mol. The molecule has 0 bridgehead atoms. The number of ether oxygens (including phenoxy) is 2. The van der Waals surface area contributed by atoms with Gasteiger partial charge < -0.3 is 9.47 Å². The number of rotatable bonds is 4. The van der Waals surface area contributed by atoms with E-state index in [2.05, 4.69) is 4.98 Å². The van der Waals surface area contributed by atoms with Crippen LogP contribution in [0.5, 0.6) is 5.88 Å². The Morgan fingerprint density at radius 2 is 2.15 bits per heavy atom.